The average Bonchev–Trinajstić information content (AvgIpc) is 2.98. The highest BCUT2D eigenvalue weighted by Gasteiger charge is 2.36. The van der Waals surface area contributed by atoms with Gasteiger partial charge in [-0.25, -0.2) is 0 Å². The predicted octanol–water partition coefficient (Wildman–Crippen LogP) is 1.21. The third-order valence-corrected chi connectivity index (χ3v) is 4.67. The smallest absolute Gasteiger partial charge is 0.243 e. The molecule has 3 rings (SSSR count). The first-order valence-electron chi connectivity index (χ1n) is 8.07. The number of hydrogen-bond acceptors (Lipinski definition) is 3. The average molecular weight is 316 g/mol. The fraction of sp³-hybridized carbons (Fsp3) is 0.867. The predicted molar refractivity (Wildman–Crippen MR) is 83.4 cm³/mol. The number of amides is 2. The molecule has 2 heterocycles. The standard InChI is InChI=1S/C15H25N3O2.ClH/c19-14(8-7-11-3-1-9-16-11)18-10-2-4-13(18)15(20)17-12-5-6-12;/h11-13,16H,1-10H2,(H,17,20);1H. The summed E-state index contributed by atoms with van der Waals surface area (Å²) in [5, 5.41) is 6.45. The van der Waals surface area contributed by atoms with Crippen molar-refractivity contribution in [2.24, 2.45) is 0 Å². The molecule has 2 unspecified atom stereocenters. The minimum atomic E-state index is -0.209. The molecule has 0 aromatic heterocycles. The van der Waals surface area contributed by atoms with Crippen molar-refractivity contribution in [1.29, 1.82) is 0 Å². The highest BCUT2D eigenvalue weighted by Crippen LogP contribution is 2.23. The molecule has 0 spiro atoms. The molecule has 3 fully saturated rings. The molecule has 6 heteroatoms. The molecule has 2 amide bonds. The van der Waals surface area contributed by atoms with E-state index in [1.807, 2.05) is 4.90 Å². The van der Waals surface area contributed by atoms with Crippen LogP contribution in [0.4, 0.5) is 0 Å². The van der Waals surface area contributed by atoms with Gasteiger partial charge in [-0.05, 0) is 51.5 Å². The third-order valence-electron chi connectivity index (χ3n) is 4.67. The molecule has 0 aromatic rings. The number of hydrogen-bond donors (Lipinski definition) is 2. The molecule has 2 saturated heterocycles. The van der Waals surface area contributed by atoms with Gasteiger partial charge in [0.2, 0.25) is 11.8 Å². The number of nitrogens with one attached hydrogen (secondary N) is 2. The number of carbonyl (C=O) groups is 2. The first-order valence-corrected chi connectivity index (χ1v) is 8.07. The van der Waals surface area contributed by atoms with Gasteiger partial charge >= 0.3 is 0 Å². The van der Waals surface area contributed by atoms with Crippen molar-refractivity contribution in [1.82, 2.24) is 15.5 Å². The van der Waals surface area contributed by atoms with E-state index in [1.165, 1.54) is 12.8 Å². The maximum absolute atomic E-state index is 12.3. The molecule has 120 valence electrons. The first kappa shape index (κ1) is 16.6. The summed E-state index contributed by atoms with van der Waals surface area (Å²) in [7, 11) is 0. The zero-order valence-corrected chi connectivity index (χ0v) is 13.3. The Kier molecular flexibility index (Phi) is 5.88. The Hall–Kier alpha value is -0.810. The van der Waals surface area contributed by atoms with E-state index in [4.69, 9.17) is 0 Å². The highest BCUT2D eigenvalue weighted by atomic mass is 35.5. The summed E-state index contributed by atoms with van der Waals surface area (Å²) < 4.78 is 0. The van der Waals surface area contributed by atoms with E-state index in [0.29, 0.717) is 18.5 Å². The highest BCUT2D eigenvalue weighted by molar-refractivity contribution is 5.88. The Morgan fingerprint density at radius 1 is 1.14 bits per heavy atom. The van der Waals surface area contributed by atoms with E-state index in [2.05, 4.69) is 10.6 Å². The number of nitrogens with zero attached hydrogens (tertiary/aromatic N) is 1. The Morgan fingerprint density at radius 3 is 2.62 bits per heavy atom. The van der Waals surface area contributed by atoms with E-state index in [0.717, 1.165) is 45.2 Å². The lowest BCUT2D eigenvalue weighted by molar-refractivity contribution is -0.138. The van der Waals surface area contributed by atoms with Gasteiger partial charge in [0, 0.05) is 25.0 Å². The summed E-state index contributed by atoms with van der Waals surface area (Å²) >= 11 is 0. The normalized spacial score (nSPS) is 28.3. The fourth-order valence-corrected chi connectivity index (χ4v) is 3.31. The quantitative estimate of drug-likeness (QED) is 0.801. The van der Waals surface area contributed by atoms with E-state index in [9.17, 15) is 9.59 Å². The zero-order valence-electron chi connectivity index (χ0n) is 12.5. The lowest BCUT2D eigenvalue weighted by Gasteiger charge is -2.24. The topological polar surface area (TPSA) is 61.4 Å². The molecule has 1 aliphatic carbocycles. The van der Waals surface area contributed by atoms with Crippen molar-refractivity contribution in [3.8, 4) is 0 Å². The van der Waals surface area contributed by atoms with Crippen LogP contribution in [0.5, 0.6) is 0 Å². The van der Waals surface area contributed by atoms with Crippen molar-refractivity contribution in [3.05, 3.63) is 0 Å². The molecular formula is C15H26ClN3O2. The summed E-state index contributed by atoms with van der Waals surface area (Å²) in [5.41, 5.74) is 0. The zero-order chi connectivity index (χ0) is 13.9. The van der Waals surface area contributed by atoms with Gasteiger partial charge < -0.3 is 15.5 Å². The van der Waals surface area contributed by atoms with Crippen LogP contribution < -0.4 is 10.6 Å². The Bertz CT molecular complexity index is 381. The molecule has 0 radical (unpaired) electrons. The minimum absolute atomic E-state index is 0. The van der Waals surface area contributed by atoms with Crippen molar-refractivity contribution >= 4 is 24.2 Å². The molecule has 2 aliphatic heterocycles. The molecule has 0 bridgehead atoms. The maximum Gasteiger partial charge on any atom is 0.243 e. The third kappa shape index (κ3) is 4.33. The van der Waals surface area contributed by atoms with Gasteiger partial charge in [0.05, 0.1) is 0 Å². The second-order valence-electron chi connectivity index (χ2n) is 6.36. The van der Waals surface area contributed by atoms with Crippen LogP contribution >= 0.6 is 12.4 Å². The van der Waals surface area contributed by atoms with Crippen molar-refractivity contribution < 1.29 is 9.59 Å². The molecule has 5 nitrogen and oxygen atoms in total. The van der Waals surface area contributed by atoms with Crippen LogP contribution in [-0.4, -0.2) is 47.9 Å². The van der Waals surface area contributed by atoms with Gasteiger partial charge in [-0.2, -0.15) is 0 Å². The monoisotopic (exact) mass is 315 g/mol. The van der Waals surface area contributed by atoms with E-state index in [-0.39, 0.29) is 30.3 Å². The number of carbonyl (C=O) groups excluding carboxylic acids is 2. The fourth-order valence-electron chi connectivity index (χ4n) is 3.31. The summed E-state index contributed by atoms with van der Waals surface area (Å²) in [6.45, 7) is 1.83. The SMILES string of the molecule is Cl.O=C(NC1CC1)C1CCCN1C(=O)CCC1CCCN1. The van der Waals surface area contributed by atoms with Crippen molar-refractivity contribution in [3.63, 3.8) is 0 Å². The van der Waals surface area contributed by atoms with Crippen LogP contribution in [-0.2, 0) is 9.59 Å². The molecule has 2 atom stereocenters. The number of halogens is 1. The lowest BCUT2D eigenvalue weighted by atomic mass is 10.1. The van der Waals surface area contributed by atoms with Crippen LogP contribution in [0.25, 0.3) is 0 Å². The van der Waals surface area contributed by atoms with Crippen LogP contribution in [0.2, 0.25) is 0 Å². The molecule has 3 aliphatic rings. The second kappa shape index (κ2) is 7.45. The second-order valence-corrected chi connectivity index (χ2v) is 6.36. The largest absolute Gasteiger partial charge is 0.352 e. The Balaban J connectivity index is 0.00000161. The molecule has 0 aromatic carbocycles. The van der Waals surface area contributed by atoms with Gasteiger partial charge in [0.25, 0.3) is 0 Å². The Labute approximate surface area is 132 Å². The van der Waals surface area contributed by atoms with E-state index < -0.39 is 0 Å². The first-order chi connectivity index (χ1) is 9.74. The van der Waals surface area contributed by atoms with E-state index >= 15 is 0 Å². The van der Waals surface area contributed by atoms with Crippen molar-refractivity contribution in [2.45, 2.75) is 69.5 Å². The minimum Gasteiger partial charge on any atom is -0.352 e. The van der Waals surface area contributed by atoms with Gasteiger partial charge in [0.1, 0.15) is 6.04 Å². The number of rotatable bonds is 5. The lowest BCUT2D eigenvalue weighted by Crippen LogP contribution is -2.46. The summed E-state index contributed by atoms with van der Waals surface area (Å²) in [4.78, 5) is 26.3. The summed E-state index contributed by atoms with van der Waals surface area (Å²) in [6, 6.07) is 0.669. The summed E-state index contributed by atoms with van der Waals surface area (Å²) in [5.74, 6) is 0.226. The van der Waals surface area contributed by atoms with Crippen LogP contribution in [0.1, 0.15) is 51.4 Å². The Morgan fingerprint density at radius 2 is 1.95 bits per heavy atom. The van der Waals surface area contributed by atoms with Gasteiger partial charge in [-0.3, -0.25) is 9.59 Å². The number of likely N-dealkylation sites (tertiary alicyclic amines) is 1. The molecule has 21 heavy (non-hydrogen) atoms. The summed E-state index contributed by atoms with van der Waals surface area (Å²) in [6.07, 6.45) is 7.85. The molecule has 1 saturated carbocycles. The van der Waals surface area contributed by atoms with Crippen molar-refractivity contribution in [2.75, 3.05) is 13.1 Å². The van der Waals surface area contributed by atoms with Gasteiger partial charge in [-0.1, -0.05) is 0 Å². The van der Waals surface area contributed by atoms with Crippen LogP contribution in [0, 0.1) is 0 Å². The molecule has 2 N–H and O–H groups in total. The van der Waals surface area contributed by atoms with Crippen LogP contribution in [0.15, 0.2) is 0 Å². The van der Waals surface area contributed by atoms with Gasteiger partial charge in [0.15, 0.2) is 0 Å². The molecular weight excluding hydrogens is 290 g/mol. The maximum atomic E-state index is 12.3. The van der Waals surface area contributed by atoms with Crippen LogP contribution in [0.3, 0.4) is 0 Å². The van der Waals surface area contributed by atoms with E-state index in [1.54, 1.807) is 0 Å². The van der Waals surface area contributed by atoms with Gasteiger partial charge in [-0.15, -0.1) is 12.4 Å².